The number of anilines is 1. The molecule has 0 aliphatic carbocycles. The Morgan fingerprint density at radius 3 is 2.52 bits per heavy atom. The largest absolute Gasteiger partial charge is 1.00 e. The number of carbonyl (C=O) groups excluding carboxylic acids is 1. The van der Waals surface area contributed by atoms with Crippen LogP contribution in [0.25, 0.3) is 6.08 Å². The van der Waals surface area contributed by atoms with Crippen LogP contribution < -0.4 is 17.7 Å². The molecule has 0 unspecified atom stereocenters. The summed E-state index contributed by atoms with van der Waals surface area (Å²) < 4.78 is 2.03. The number of carbonyl (C=O) groups is 1. The highest BCUT2D eigenvalue weighted by Crippen LogP contribution is 2.27. The summed E-state index contributed by atoms with van der Waals surface area (Å²) >= 11 is 5.51. The second-order valence-electron chi connectivity index (χ2n) is 7.85. The summed E-state index contributed by atoms with van der Waals surface area (Å²) in [6, 6.07) is 16.9. The van der Waals surface area contributed by atoms with E-state index in [1.165, 1.54) is 29.9 Å². The van der Waals surface area contributed by atoms with Crippen LogP contribution in [0.4, 0.5) is 5.69 Å². The highest BCUT2D eigenvalue weighted by Gasteiger charge is 2.29. The average molecular weight is 496 g/mol. The molecule has 1 N–H and O–H groups in total. The van der Waals surface area contributed by atoms with Crippen molar-refractivity contribution in [3.8, 4) is 0 Å². The summed E-state index contributed by atoms with van der Waals surface area (Å²) in [4.78, 5) is 12.2. The molecular formula is C23H28BrClN2OS. The molecular weight excluding hydrogens is 468 g/mol. The van der Waals surface area contributed by atoms with Crippen molar-refractivity contribution >= 4 is 45.4 Å². The van der Waals surface area contributed by atoms with Gasteiger partial charge in [0.25, 0.3) is 0 Å². The van der Waals surface area contributed by atoms with Crippen molar-refractivity contribution in [1.29, 1.82) is 0 Å². The number of nitrogens with zero attached hydrogens (tertiary/aromatic N) is 1. The molecule has 0 bridgehead atoms. The van der Waals surface area contributed by atoms with Crippen molar-refractivity contribution in [2.75, 3.05) is 30.9 Å². The minimum atomic E-state index is -0.122. The van der Waals surface area contributed by atoms with Gasteiger partial charge in [0, 0.05) is 34.6 Å². The maximum atomic E-state index is 12.2. The third kappa shape index (κ3) is 7.49. The van der Waals surface area contributed by atoms with Crippen molar-refractivity contribution < 1.29 is 21.7 Å². The molecule has 1 aliphatic heterocycles. The van der Waals surface area contributed by atoms with E-state index in [1.807, 2.05) is 42.5 Å². The van der Waals surface area contributed by atoms with Gasteiger partial charge in [0.05, 0.1) is 20.1 Å². The molecule has 1 amide bonds. The Kier molecular flexibility index (Phi) is 9.28. The lowest BCUT2D eigenvalue weighted by Crippen LogP contribution is -3.00. The number of amides is 1. The molecule has 0 atom stereocenters. The first-order valence-electron chi connectivity index (χ1n) is 9.66. The van der Waals surface area contributed by atoms with E-state index in [2.05, 4.69) is 59.2 Å². The molecule has 0 saturated carbocycles. The van der Waals surface area contributed by atoms with E-state index in [4.69, 9.17) is 0 Å². The lowest BCUT2D eigenvalue weighted by atomic mass is 10.1. The van der Waals surface area contributed by atoms with Gasteiger partial charge >= 0.3 is 0 Å². The molecule has 2 aromatic rings. The van der Waals surface area contributed by atoms with Gasteiger partial charge in [-0.15, -0.1) is 0 Å². The number of thioether (sulfide) groups is 1. The smallest absolute Gasteiger partial charge is 0.248 e. The number of quaternary nitrogens is 1. The predicted octanol–water partition coefficient (Wildman–Crippen LogP) is 2.58. The predicted molar refractivity (Wildman–Crippen MR) is 124 cm³/mol. The number of halogens is 2. The Labute approximate surface area is 193 Å². The van der Waals surface area contributed by atoms with Crippen molar-refractivity contribution in [3.05, 3.63) is 70.2 Å². The maximum Gasteiger partial charge on any atom is 0.248 e. The van der Waals surface area contributed by atoms with E-state index in [9.17, 15) is 4.79 Å². The molecule has 0 aromatic heterocycles. The fraction of sp³-hybridized carbons (Fsp3) is 0.348. The number of nitrogens with one attached hydrogen (secondary N) is 1. The second-order valence-corrected chi connectivity index (χ2v) is 10.00. The van der Waals surface area contributed by atoms with Crippen LogP contribution in [0.1, 0.15) is 24.0 Å². The van der Waals surface area contributed by atoms with Crippen molar-refractivity contribution in [1.82, 2.24) is 0 Å². The van der Waals surface area contributed by atoms with Gasteiger partial charge in [-0.1, -0.05) is 40.2 Å². The molecule has 0 spiro atoms. The summed E-state index contributed by atoms with van der Waals surface area (Å²) in [6.07, 6.45) is 5.99. The van der Waals surface area contributed by atoms with Gasteiger partial charge in [-0.2, -0.15) is 11.8 Å². The molecule has 156 valence electrons. The Morgan fingerprint density at radius 2 is 1.86 bits per heavy atom. The second kappa shape index (κ2) is 11.2. The van der Waals surface area contributed by atoms with Crippen LogP contribution in [-0.4, -0.2) is 42.0 Å². The van der Waals surface area contributed by atoms with Crippen LogP contribution in [0, 0.1) is 0 Å². The highest BCUT2D eigenvalue weighted by molar-refractivity contribution is 9.10. The van der Waals surface area contributed by atoms with Crippen molar-refractivity contribution in [2.24, 2.45) is 0 Å². The molecule has 29 heavy (non-hydrogen) atoms. The van der Waals surface area contributed by atoms with Gasteiger partial charge in [0.2, 0.25) is 5.91 Å². The monoisotopic (exact) mass is 494 g/mol. The van der Waals surface area contributed by atoms with Crippen LogP contribution in [0.15, 0.2) is 59.1 Å². The fourth-order valence-electron chi connectivity index (χ4n) is 3.64. The Balaban J connectivity index is 0.00000300. The molecule has 1 fully saturated rings. The van der Waals surface area contributed by atoms with Crippen LogP contribution in [0.2, 0.25) is 0 Å². The van der Waals surface area contributed by atoms with Gasteiger partial charge in [-0.05, 0) is 47.4 Å². The molecule has 3 rings (SSSR count). The quantitative estimate of drug-likeness (QED) is 0.493. The van der Waals surface area contributed by atoms with Crippen LogP contribution in [-0.2, 0) is 11.3 Å². The first-order valence-corrected chi connectivity index (χ1v) is 11.6. The molecule has 1 aliphatic rings. The summed E-state index contributed by atoms with van der Waals surface area (Å²) in [5.74, 6) is 2.44. The first kappa shape index (κ1) is 24.0. The van der Waals surface area contributed by atoms with Gasteiger partial charge in [-0.25, -0.2) is 0 Å². The van der Waals surface area contributed by atoms with Gasteiger partial charge in [0.15, 0.2) is 0 Å². The van der Waals surface area contributed by atoms with E-state index in [0.717, 1.165) is 32.8 Å². The third-order valence-corrected chi connectivity index (χ3v) is 6.81. The van der Waals surface area contributed by atoms with Crippen LogP contribution >= 0.6 is 27.7 Å². The van der Waals surface area contributed by atoms with Crippen molar-refractivity contribution in [2.45, 2.75) is 25.4 Å². The number of benzene rings is 2. The highest BCUT2D eigenvalue weighted by atomic mass is 79.9. The lowest BCUT2D eigenvalue weighted by molar-refractivity contribution is -0.928. The summed E-state index contributed by atoms with van der Waals surface area (Å²) in [5.41, 5.74) is 3.12. The number of hydrogen-bond donors (Lipinski definition) is 1. The van der Waals surface area contributed by atoms with Gasteiger partial charge in [0.1, 0.15) is 6.54 Å². The topological polar surface area (TPSA) is 29.1 Å². The van der Waals surface area contributed by atoms with Crippen molar-refractivity contribution in [3.63, 3.8) is 0 Å². The molecule has 6 heteroatoms. The summed E-state index contributed by atoms with van der Waals surface area (Å²) in [5, 5.41) is 2.93. The Bertz CT molecular complexity index is 833. The number of rotatable bonds is 6. The standard InChI is InChI=1S/C23H27BrN2OS.ClH/c1-26(2,22-12-14-28-15-13-22)17-19-6-9-21(10-7-19)25-23(27)11-8-18-4-3-5-20(24)16-18;/h3-11,16,22H,12-15,17H2,1-2H3;1H. The minimum Gasteiger partial charge on any atom is -1.00 e. The Hall–Kier alpha value is -1.27. The fourth-order valence-corrected chi connectivity index (χ4v) is 5.14. The zero-order valence-corrected chi connectivity index (χ0v) is 20.1. The average Bonchev–Trinajstić information content (AvgIpc) is 2.68. The summed E-state index contributed by atoms with van der Waals surface area (Å²) in [7, 11) is 4.67. The Morgan fingerprint density at radius 1 is 1.17 bits per heavy atom. The minimum absolute atomic E-state index is 0. The van der Waals surface area contributed by atoms with E-state index in [-0.39, 0.29) is 18.3 Å². The lowest BCUT2D eigenvalue weighted by Gasteiger charge is -2.40. The van der Waals surface area contributed by atoms with E-state index in [1.54, 1.807) is 6.08 Å². The molecule has 0 radical (unpaired) electrons. The first-order chi connectivity index (χ1) is 13.4. The zero-order valence-electron chi connectivity index (χ0n) is 16.9. The normalized spacial score (nSPS) is 15.1. The third-order valence-electron chi connectivity index (χ3n) is 5.27. The maximum absolute atomic E-state index is 12.2. The van der Waals surface area contributed by atoms with Crippen LogP contribution in [0.3, 0.4) is 0 Å². The summed E-state index contributed by atoms with van der Waals surface area (Å²) in [6.45, 7) is 1.02. The van der Waals surface area contributed by atoms with E-state index >= 15 is 0 Å². The SMILES string of the molecule is C[N+](C)(Cc1ccc(NC(=O)C=Cc2cccc(Br)c2)cc1)C1CCSCC1.[Cl-]. The van der Waals surface area contributed by atoms with Gasteiger partial charge in [-0.3, -0.25) is 4.79 Å². The molecule has 1 heterocycles. The molecule has 3 nitrogen and oxygen atoms in total. The van der Waals surface area contributed by atoms with Gasteiger partial charge < -0.3 is 22.2 Å². The van der Waals surface area contributed by atoms with E-state index in [0.29, 0.717) is 0 Å². The zero-order chi connectivity index (χ0) is 20.0. The van der Waals surface area contributed by atoms with E-state index < -0.39 is 0 Å². The molecule has 2 aromatic carbocycles. The number of hydrogen-bond acceptors (Lipinski definition) is 2. The van der Waals surface area contributed by atoms with Crippen LogP contribution in [0.5, 0.6) is 0 Å². The molecule has 1 saturated heterocycles.